The van der Waals surface area contributed by atoms with Crippen molar-refractivity contribution >= 4 is 6.08 Å². The Bertz CT molecular complexity index is 228. The van der Waals surface area contributed by atoms with Gasteiger partial charge in [-0.15, -0.1) is 0 Å². The quantitative estimate of drug-likeness (QED) is 0.562. The van der Waals surface area contributed by atoms with E-state index in [-0.39, 0.29) is 5.95 Å². The summed E-state index contributed by atoms with van der Waals surface area (Å²) in [7, 11) is 1.68. The second kappa shape index (κ2) is 2.69. The van der Waals surface area contributed by atoms with E-state index >= 15 is 0 Å². The van der Waals surface area contributed by atoms with Gasteiger partial charge in [-0.05, 0) is 12.5 Å². The van der Waals surface area contributed by atoms with Crippen LogP contribution in [-0.2, 0) is 7.05 Å². The standard InChI is InChI=1S/C8H10FN/c1-3-4-7-5-8(9)10(2)6-7/h3-6H,1-2H3/b4-3+. The van der Waals surface area contributed by atoms with Crippen molar-refractivity contribution < 1.29 is 4.39 Å². The van der Waals surface area contributed by atoms with Crippen LogP contribution in [0.15, 0.2) is 18.3 Å². The van der Waals surface area contributed by atoms with Gasteiger partial charge in [0.05, 0.1) is 0 Å². The summed E-state index contributed by atoms with van der Waals surface area (Å²) in [6, 6.07) is 1.50. The summed E-state index contributed by atoms with van der Waals surface area (Å²) >= 11 is 0. The van der Waals surface area contributed by atoms with Crippen LogP contribution < -0.4 is 0 Å². The minimum atomic E-state index is -0.201. The van der Waals surface area contributed by atoms with Gasteiger partial charge in [0, 0.05) is 19.3 Å². The molecular weight excluding hydrogens is 129 g/mol. The van der Waals surface area contributed by atoms with Gasteiger partial charge in [0.25, 0.3) is 0 Å². The molecule has 54 valence electrons. The van der Waals surface area contributed by atoms with E-state index in [4.69, 9.17) is 0 Å². The van der Waals surface area contributed by atoms with Crippen molar-refractivity contribution in [1.29, 1.82) is 0 Å². The van der Waals surface area contributed by atoms with Crippen molar-refractivity contribution in [2.24, 2.45) is 7.05 Å². The molecule has 0 N–H and O–H groups in total. The first-order valence-corrected chi connectivity index (χ1v) is 3.18. The van der Waals surface area contributed by atoms with Crippen LogP contribution in [0.25, 0.3) is 6.08 Å². The van der Waals surface area contributed by atoms with Crippen LogP contribution in [0.3, 0.4) is 0 Å². The van der Waals surface area contributed by atoms with E-state index in [1.165, 1.54) is 10.6 Å². The Kier molecular flexibility index (Phi) is 1.90. The molecule has 0 unspecified atom stereocenters. The van der Waals surface area contributed by atoms with Crippen LogP contribution >= 0.6 is 0 Å². The zero-order valence-electron chi connectivity index (χ0n) is 6.13. The fourth-order valence-electron chi connectivity index (χ4n) is 0.845. The van der Waals surface area contributed by atoms with Gasteiger partial charge in [-0.1, -0.05) is 12.2 Å². The molecule has 0 atom stereocenters. The normalized spacial score (nSPS) is 11.1. The molecule has 0 fully saturated rings. The molecule has 0 aliphatic carbocycles. The highest BCUT2D eigenvalue weighted by atomic mass is 19.1. The van der Waals surface area contributed by atoms with E-state index in [1.807, 2.05) is 19.1 Å². The predicted molar refractivity (Wildman–Crippen MR) is 40.1 cm³/mol. The molecule has 0 amide bonds. The maximum Gasteiger partial charge on any atom is 0.194 e. The average molecular weight is 139 g/mol. The number of rotatable bonds is 1. The van der Waals surface area contributed by atoms with Gasteiger partial charge in [-0.3, -0.25) is 0 Å². The molecule has 2 heteroatoms. The van der Waals surface area contributed by atoms with Crippen molar-refractivity contribution in [2.45, 2.75) is 6.92 Å². The van der Waals surface area contributed by atoms with Crippen molar-refractivity contribution in [2.75, 3.05) is 0 Å². The Hall–Kier alpha value is -1.05. The summed E-state index contributed by atoms with van der Waals surface area (Å²) in [5.74, 6) is -0.201. The van der Waals surface area contributed by atoms with Crippen LogP contribution in [0, 0.1) is 5.95 Å². The Labute approximate surface area is 59.8 Å². The Balaban J connectivity index is 2.98. The van der Waals surface area contributed by atoms with Gasteiger partial charge in [0.2, 0.25) is 0 Å². The number of aryl methyl sites for hydroxylation is 1. The van der Waals surface area contributed by atoms with E-state index < -0.39 is 0 Å². The fraction of sp³-hybridized carbons (Fsp3) is 0.250. The number of halogens is 1. The number of nitrogens with zero attached hydrogens (tertiary/aromatic N) is 1. The van der Waals surface area contributed by atoms with Crippen LogP contribution in [0.5, 0.6) is 0 Å². The summed E-state index contributed by atoms with van der Waals surface area (Å²) in [6.45, 7) is 1.91. The third kappa shape index (κ3) is 1.26. The molecule has 0 aliphatic heterocycles. The highest BCUT2D eigenvalue weighted by molar-refractivity contribution is 5.47. The molecule has 0 aromatic carbocycles. The lowest BCUT2D eigenvalue weighted by atomic mass is 10.3. The monoisotopic (exact) mass is 139 g/mol. The molecule has 0 aliphatic rings. The lowest BCUT2D eigenvalue weighted by Crippen LogP contribution is -1.86. The maximum absolute atomic E-state index is 12.6. The first-order chi connectivity index (χ1) is 4.74. The van der Waals surface area contributed by atoms with Gasteiger partial charge in [0.1, 0.15) is 0 Å². The first-order valence-electron chi connectivity index (χ1n) is 3.18. The molecule has 1 aromatic heterocycles. The van der Waals surface area contributed by atoms with Crippen molar-refractivity contribution in [3.63, 3.8) is 0 Å². The molecule has 0 bridgehead atoms. The second-order valence-corrected chi connectivity index (χ2v) is 2.21. The molecule has 0 radical (unpaired) electrons. The van der Waals surface area contributed by atoms with Gasteiger partial charge >= 0.3 is 0 Å². The van der Waals surface area contributed by atoms with E-state index in [0.29, 0.717) is 0 Å². The summed E-state index contributed by atoms with van der Waals surface area (Å²) in [6.07, 6.45) is 5.49. The molecule has 0 saturated heterocycles. The van der Waals surface area contributed by atoms with Crippen LogP contribution in [0.1, 0.15) is 12.5 Å². The average Bonchev–Trinajstić information content (AvgIpc) is 2.14. The van der Waals surface area contributed by atoms with E-state index in [2.05, 4.69) is 0 Å². The minimum Gasteiger partial charge on any atom is -0.327 e. The van der Waals surface area contributed by atoms with Crippen molar-refractivity contribution in [1.82, 2.24) is 4.57 Å². The largest absolute Gasteiger partial charge is 0.327 e. The topological polar surface area (TPSA) is 4.93 Å². The summed E-state index contributed by atoms with van der Waals surface area (Å²) in [5.41, 5.74) is 0.905. The predicted octanol–water partition coefficient (Wildman–Crippen LogP) is 2.20. The van der Waals surface area contributed by atoms with Gasteiger partial charge in [-0.25, -0.2) is 0 Å². The zero-order chi connectivity index (χ0) is 7.56. The molecule has 1 rings (SSSR count). The molecule has 1 heterocycles. The number of hydrogen-bond acceptors (Lipinski definition) is 0. The molecular formula is C8H10FN. The lowest BCUT2D eigenvalue weighted by molar-refractivity contribution is 0.535. The zero-order valence-corrected chi connectivity index (χ0v) is 6.13. The highest BCUT2D eigenvalue weighted by Gasteiger charge is 1.96. The maximum atomic E-state index is 12.6. The summed E-state index contributed by atoms with van der Waals surface area (Å²) < 4.78 is 14.0. The molecule has 1 aromatic rings. The number of allylic oxidation sites excluding steroid dienone is 1. The van der Waals surface area contributed by atoms with E-state index in [1.54, 1.807) is 13.2 Å². The molecule has 10 heavy (non-hydrogen) atoms. The van der Waals surface area contributed by atoms with Crippen LogP contribution in [-0.4, -0.2) is 4.57 Å². The van der Waals surface area contributed by atoms with Gasteiger partial charge in [-0.2, -0.15) is 4.39 Å². The summed E-state index contributed by atoms with van der Waals surface area (Å²) in [5, 5.41) is 0. The summed E-state index contributed by atoms with van der Waals surface area (Å²) in [4.78, 5) is 0. The Morgan fingerprint density at radius 1 is 1.60 bits per heavy atom. The molecule has 0 saturated carbocycles. The SMILES string of the molecule is C/C=C/c1cc(F)n(C)c1. The van der Waals surface area contributed by atoms with E-state index in [9.17, 15) is 4.39 Å². The third-order valence-corrected chi connectivity index (χ3v) is 1.32. The van der Waals surface area contributed by atoms with Crippen molar-refractivity contribution in [3.8, 4) is 0 Å². The minimum absolute atomic E-state index is 0.201. The lowest BCUT2D eigenvalue weighted by Gasteiger charge is -1.86. The van der Waals surface area contributed by atoms with E-state index in [0.717, 1.165) is 5.56 Å². The van der Waals surface area contributed by atoms with Crippen molar-refractivity contribution in [3.05, 3.63) is 29.9 Å². The number of aromatic nitrogens is 1. The molecule has 0 spiro atoms. The molecule has 1 nitrogen and oxygen atoms in total. The van der Waals surface area contributed by atoms with Crippen LogP contribution in [0.2, 0.25) is 0 Å². The Morgan fingerprint density at radius 3 is 2.70 bits per heavy atom. The Morgan fingerprint density at radius 2 is 2.30 bits per heavy atom. The smallest absolute Gasteiger partial charge is 0.194 e. The fourth-order valence-corrected chi connectivity index (χ4v) is 0.845. The van der Waals surface area contributed by atoms with Gasteiger partial charge < -0.3 is 4.57 Å². The first kappa shape index (κ1) is 7.06. The third-order valence-electron chi connectivity index (χ3n) is 1.32. The van der Waals surface area contributed by atoms with Crippen LogP contribution in [0.4, 0.5) is 4.39 Å². The highest BCUT2D eigenvalue weighted by Crippen LogP contribution is 2.06. The second-order valence-electron chi connectivity index (χ2n) is 2.21. The van der Waals surface area contributed by atoms with Gasteiger partial charge in [0.15, 0.2) is 5.95 Å². The number of hydrogen-bond donors (Lipinski definition) is 0.